The Bertz CT molecular complexity index is 118. The van der Waals surface area contributed by atoms with E-state index in [0.717, 1.165) is 19.4 Å². The van der Waals surface area contributed by atoms with Crippen LogP contribution in [0.15, 0.2) is 0 Å². The molecule has 0 unspecified atom stereocenters. The van der Waals surface area contributed by atoms with Crippen LogP contribution in [0.2, 0.25) is 0 Å². The minimum absolute atomic E-state index is 0.428. The van der Waals surface area contributed by atoms with Crippen molar-refractivity contribution in [3.8, 4) is 0 Å². The van der Waals surface area contributed by atoms with Gasteiger partial charge in [0.1, 0.15) is 0 Å². The molecule has 0 aromatic carbocycles. The maximum absolute atomic E-state index is 5.82. The minimum Gasteiger partial charge on any atom is -0.328 e. The van der Waals surface area contributed by atoms with Crippen LogP contribution in [-0.2, 0) is 4.84 Å². The Balaban J connectivity index is 2.32. The Morgan fingerprint density at radius 1 is 1.33 bits per heavy atom. The second-order valence-electron chi connectivity index (χ2n) is 3.48. The van der Waals surface area contributed by atoms with Crippen LogP contribution in [-0.4, -0.2) is 30.8 Å². The van der Waals surface area contributed by atoms with Crippen LogP contribution < -0.4 is 5.73 Å². The van der Waals surface area contributed by atoms with Crippen molar-refractivity contribution in [1.82, 2.24) is 5.06 Å². The third-order valence-corrected chi connectivity index (χ3v) is 2.69. The molecule has 0 spiro atoms. The van der Waals surface area contributed by atoms with Crippen LogP contribution in [0.4, 0.5) is 0 Å². The van der Waals surface area contributed by atoms with Gasteiger partial charge in [0.05, 0.1) is 7.11 Å². The van der Waals surface area contributed by atoms with E-state index in [1.807, 2.05) is 0 Å². The van der Waals surface area contributed by atoms with Crippen LogP contribution in [0.25, 0.3) is 0 Å². The first-order valence-electron chi connectivity index (χ1n) is 4.84. The van der Waals surface area contributed by atoms with Gasteiger partial charge in [-0.15, -0.1) is 0 Å². The summed E-state index contributed by atoms with van der Waals surface area (Å²) in [4.78, 5) is 5.27. The molecule has 1 fully saturated rings. The fourth-order valence-electron chi connectivity index (χ4n) is 1.93. The van der Waals surface area contributed by atoms with E-state index in [2.05, 4.69) is 12.0 Å². The SMILES string of the molecule is CCN(OC)C1CCC(N)CC1. The Morgan fingerprint density at radius 3 is 2.33 bits per heavy atom. The van der Waals surface area contributed by atoms with Crippen LogP contribution in [0.5, 0.6) is 0 Å². The molecule has 0 heterocycles. The number of hydroxylamine groups is 2. The molecule has 0 radical (unpaired) electrons. The molecule has 1 saturated carbocycles. The topological polar surface area (TPSA) is 38.5 Å². The van der Waals surface area contributed by atoms with Crippen LogP contribution >= 0.6 is 0 Å². The van der Waals surface area contributed by atoms with E-state index in [4.69, 9.17) is 10.6 Å². The number of hydrogen-bond donors (Lipinski definition) is 1. The highest BCUT2D eigenvalue weighted by Gasteiger charge is 2.22. The van der Waals surface area contributed by atoms with Gasteiger partial charge in [-0.2, -0.15) is 5.06 Å². The Kier molecular flexibility index (Phi) is 3.98. The van der Waals surface area contributed by atoms with Crippen molar-refractivity contribution in [2.75, 3.05) is 13.7 Å². The summed E-state index contributed by atoms with van der Waals surface area (Å²) in [6.45, 7) is 3.09. The fourth-order valence-corrected chi connectivity index (χ4v) is 1.93. The first-order chi connectivity index (χ1) is 5.77. The zero-order valence-electron chi connectivity index (χ0n) is 8.12. The molecule has 0 bridgehead atoms. The second kappa shape index (κ2) is 4.80. The van der Waals surface area contributed by atoms with E-state index in [9.17, 15) is 0 Å². The van der Waals surface area contributed by atoms with Crippen molar-refractivity contribution in [1.29, 1.82) is 0 Å². The summed E-state index contributed by atoms with van der Waals surface area (Å²) >= 11 is 0. The number of nitrogens with two attached hydrogens (primary N) is 1. The predicted octanol–water partition coefficient (Wildman–Crippen LogP) is 1.14. The largest absolute Gasteiger partial charge is 0.328 e. The number of rotatable bonds is 3. The average molecular weight is 172 g/mol. The molecule has 0 saturated heterocycles. The molecule has 1 aliphatic carbocycles. The highest BCUT2D eigenvalue weighted by molar-refractivity contribution is 4.77. The van der Waals surface area contributed by atoms with E-state index in [1.54, 1.807) is 7.11 Å². The summed E-state index contributed by atoms with van der Waals surface area (Å²) in [5.74, 6) is 0. The smallest absolute Gasteiger partial charge is 0.0575 e. The first-order valence-corrected chi connectivity index (χ1v) is 4.84. The monoisotopic (exact) mass is 172 g/mol. The Morgan fingerprint density at radius 2 is 1.92 bits per heavy atom. The molecule has 0 aliphatic heterocycles. The Hall–Kier alpha value is -0.120. The normalized spacial score (nSPS) is 31.0. The standard InChI is InChI=1S/C9H20N2O/c1-3-11(12-2)9-6-4-8(10)5-7-9/h8-9H,3-7,10H2,1-2H3. The lowest BCUT2D eigenvalue weighted by Crippen LogP contribution is -2.40. The van der Waals surface area contributed by atoms with Crippen molar-refractivity contribution in [2.45, 2.75) is 44.7 Å². The quantitative estimate of drug-likeness (QED) is 0.649. The third kappa shape index (κ3) is 2.44. The molecule has 12 heavy (non-hydrogen) atoms. The average Bonchev–Trinajstić information content (AvgIpc) is 2.10. The van der Waals surface area contributed by atoms with Gasteiger partial charge >= 0.3 is 0 Å². The summed E-state index contributed by atoms with van der Waals surface area (Å²) in [6, 6.07) is 1.02. The molecule has 3 nitrogen and oxygen atoms in total. The molecule has 72 valence electrons. The highest BCUT2D eigenvalue weighted by atomic mass is 16.7. The van der Waals surface area contributed by atoms with E-state index in [-0.39, 0.29) is 0 Å². The maximum atomic E-state index is 5.82. The van der Waals surface area contributed by atoms with Gasteiger partial charge in [0, 0.05) is 18.6 Å². The molecule has 3 heteroatoms. The predicted molar refractivity (Wildman–Crippen MR) is 49.6 cm³/mol. The fraction of sp³-hybridized carbons (Fsp3) is 1.00. The lowest BCUT2D eigenvalue weighted by molar-refractivity contribution is -0.165. The van der Waals surface area contributed by atoms with Crippen molar-refractivity contribution in [3.05, 3.63) is 0 Å². The van der Waals surface area contributed by atoms with E-state index in [0.29, 0.717) is 12.1 Å². The first kappa shape index (κ1) is 9.96. The zero-order chi connectivity index (χ0) is 8.97. The zero-order valence-corrected chi connectivity index (χ0v) is 8.12. The summed E-state index contributed by atoms with van der Waals surface area (Å²) in [5.41, 5.74) is 5.82. The van der Waals surface area contributed by atoms with Crippen molar-refractivity contribution >= 4 is 0 Å². The summed E-state index contributed by atoms with van der Waals surface area (Å²) in [6.07, 6.45) is 4.65. The summed E-state index contributed by atoms with van der Waals surface area (Å²) in [7, 11) is 1.75. The minimum atomic E-state index is 0.428. The lowest BCUT2D eigenvalue weighted by Gasteiger charge is -2.33. The van der Waals surface area contributed by atoms with Gasteiger partial charge < -0.3 is 10.6 Å². The van der Waals surface area contributed by atoms with E-state index < -0.39 is 0 Å². The van der Waals surface area contributed by atoms with Crippen LogP contribution in [0.3, 0.4) is 0 Å². The second-order valence-corrected chi connectivity index (χ2v) is 3.48. The maximum Gasteiger partial charge on any atom is 0.0575 e. The number of hydrogen-bond acceptors (Lipinski definition) is 3. The van der Waals surface area contributed by atoms with Crippen LogP contribution in [0, 0.1) is 0 Å². The van der Waals surface area contributed by atoms with Gasteiger partial charge in [-0.3, -0.25) is 0 Å². The van der Waals surface area contributed by atoms with E-state index in [1.165, 1.54) is 12.8 Å². The van der Waals surface area contributed by atoms with Gasteiger partial charge in [-0.05, 0) is 25.7 Å². The number of nitrogens with zero attached hydrogens (tertiary/aromatic N) is 1. The summed E-state index contributed by atoms with van der Waals surface area (Å²) in [5, 5.41) is 2.06. The van der Waals surface area contributed by atoms with Crippen LogP contribution in [0.1, 0.15) is 32.6 Å². The van der Waals surface area contributed by atoms with Crippen molar-refractivity contribution in [3.63, 3.8) is 0 Å². The molecule has 0 amide bonds. The highest BCUT2D eigenvalue weighted by Crippen LogP contribution is 2.21. The summed E-state index contributed by atoms with van der Waals surface area (Å²) < 4.78 is 0. The third-order valence-electron chi connectivity index (χ3n) is 2.69. The molecule has 2 N–H and O–H groups in total. The Labute approximate surface area is 74.8 Å². The van der Waals surface area contributed by atoms with Gasteiger partial charge in [0.25, 0.3) is 0 Å². The van der Waals surface area contributed by atoms with Crippen molar-refractivity contribution in [2.24, 2.45) is 5.73 Å². The van der Waals surface area contributed by atoms with Gasteiger partial charge in [0.15, 0.2) is 0 Å². The molecular formula is C9H20N2O. The van der Waals surface area contributed by atoms with E-state index >= 15 is 0 Å². The molecular weight excluding hydrogens is 152 g/mol. The van der Waals surface area contributed by atoms with Gasteiger partial charge in [-0.1, -0.05) is 6.92 Å². The van der Waals surface area contributed by atoms with Gasteiger partial charge in [0.2, 0.25) is 0 Å². The molecule has 0 atom stereocenters. The molecule has 1 rings (SSSR count). The molecule has 1 aliphatic rings. The lowest BCUT2D eigenvalue weighted by atomic mass is 9.91. The molecule has 0 aromatic rings. The van der Waals surface area contributed by atoms with Crippen molar-refractivity contribution < 1.29 is 4.84 Å². The molecule has 0 aromatic heterocycles. The van der Waals surface area contributed by atoms with Gasteiger partial charge in [-0.25, -0.2) is 0 Å².